The zero-order chi connectivity index (χ0) is 24.6. The average Bonchev–Trinajstić information content (AvgIpc) is 3.26. The quantitative estimate of drug-likeness (QED) is 0.339. The fourth-order valence-electron chi connectivity index (χ4n) is 4.57. The summed E-state index contributed by atoms with van der Waals surface area (Å²) in [5.41, 5.74) is 0.936. The van der Waals surface area contributed by atoms with Gasteiger partial charge in [-0.15, -0.1) is 11.3 Å². The number of ether oxygens (including phenoxy) is 1. The van der Waals surface area contributed by atoms with E-state index in [0.717, 1.165) is 19.4 Å². The molecule has 1 atom stereocenters. The van der Waals surface area contributed by atoms with E-state index in [9.17, 15) is 9.59 Å². The third kappa shape index (κ3) is 4.04. The maximum atomic E-state index is 15.3. The van der Waals surface area contributed by atoms with Crippen LogP contribution in [0, 0.1) is 5.82 Å². The lowest BCUT2D eigenvalue weighted by molar-refractivity contribution is 0.0935. The number of urea groups is 1. The lowest BCUT2D eigenvalue weighted by Gasteiger charge is -2.29. The number of para-hydroxylation sites is 1. The van der Waals surface area contributed by atoms with Gasteiger partial charge in [-0.05, 0) is 49.7 Å². The Morgan fingerprint density at radius 3 is 2.78 bits per heavy atom. The highest BCUT2D eigenvalue weighted by Gasteiger charge is 2.34. The number of pyridine rings is 1. The number of carbonyl (C=O) groups excluding carboxylic acids is 2. The zero-order valence-corrected chi connectivity index (χ0v) is 19.9. The van der Waals surface area contributed by atoms with Gasteiger partial charge < -0.3 is 20.7 Å². The number of piperidine rings is 1. The van der Waals surface area contributed by atoms with E-state index in [-0.39, 0.29) is 17.6 Å². The van der Waals surface area contributed by atoms with E-state index < -0.39 is 11.8 Å². The SMILES string of the molecule is O=C(N[C@@H]1CCCNC1)c1sc2nccc3c2c1NC(=O)N3c1ccc(Oc2ccccc2)cc1F. The number of nitrogens with zero attached hydrogens (tertiary/aromatic N) is 2. The van der Waals surface area contributed by atoms with Gasteiger partial charge >= 0.3 is 6.03 Å². The Balaban J connectivity index is 1.34. The second kappa shape index (κ2) is 9.21. The Kier molecular flexibility index (Phi) is 5.74. The molecule has 4 heterocycles. The number of hydrogen-bond donors (Lipinski definition) is 3. The number of nitrogens with one attached hydrogen (secondary N) is 3. The number of amides is 3. The van der Waals surface area contributed by atoms with Gasteiger partial charge in [-0.3, -0.25) is 9.69 Å². The van der Waals surface area contributed by atoms with Crippen molar-refractivity contribution in [3.63, 3.8) is 0 Å². The summed E-state index contributed by atoms with van der Waals surface area (Å²) in [7, 11) is 0. The number of thiophene rings is 1. The number of benzene rings is 2. The second-order valence-electron chi connectivity index (χ2n) is 8.63. The number of rotatable bonds is 5. The predicted octanol–water partition coefficient (Wildman–Crippen LogP) is 5.39. The van der Waals surface area contributed by atoms with Crippen molar-refractivity contribution in [2.24, 2.45) is 0 Å². The third-order valence-corrected chi connectivity index (χ3v) is 7.32. The molecule has 2 aliphatic rings. The topological polar surface area (TPSA) is 95.6 Å². The highest BCUT2D eigenvalue weighted by molar-refractivity contribution is 7.21. The Labute approximate surface area is 210 Å². The minimum absolute atomic E-state index is 0.0256. The minimum Gasteiger partial charge on any atom is -0.457 e. The van der Waals surface area contributed by atoms with E-state index in [1.54, 1.807) is 30.5 Å². The molecule has 182 valence electrons. The van der Waals surface area contributed by atoms with Crippen LogP contribution >= 0.6 is 11.3 Å². The van der Waals surface area contributed by atoms with Gasteiger partial charge in [0.1, 0.15) is 21.2 Å². The van der Waals surface area contributed by atoms with Crippen LogP contribution in [0.4, 0.5) is 26.2 Å². The summed E-state index contributed by atoms with van der Waals surface area (Å²) < 4.78 is 21.0. The van der Waals surface area contributed by atoms with Crippen LogP contribution in [0.1, 0.15) is 22.5 Å². The van der Waals surface area contributed by atoms with Gasteiger partial charge in [0.15, 0.2) is 5.82 Å². The van der Waals surface area contributed by atoms with Gasteiger partial charge in [0.25, 0.3) is 5.91 Å². The summed E-state index contributed by atoms with van der Waals surface area (Å²) in [6, 6.07) is 14.5. The van der Waals surface area contributed by atoms with E-state index in [1.807, 2.05) is 18.2 Å². The first-order chi connectivity index (χ1) is 17.6. The molecule has 6 rings (SSSR count). The average molecular weight is 504 g/mol. The first-order valence-electron chi connectivity index (χ1n) is 11.6. The van der Waals surface area contributed by atoms with Crippen LogP contribution in [-0.4, -0.2) is 36.1 Å². The smallest absolute Gasteiger partial charge is 0.331 e. The molecule has 4 aromatic rings. The summed E-state index contributed by atoms with van der Waals surface area (Å²) >= 11 is 1.21. The highest BCUT2D eigenvalue weighted by atomic mass is 32.1. The van der Waals surface area contributed by atoms with Crippen molar-refractivity contribution in [3.05, 3.63) is 71.5 Å². The van der Waals surface area contributed by atoms with Crippen molar-refractivity contribution >= 4 is 50.6 Å². The fraction of sp³-hybridized carbons (Fsp3) is 0.192. The predicted molar refractivity (Wildman–Crippen MR) is 137 cm³/mol. The molecule has 10 heteroatoms. The summed E-state index contributed by atoms with van der Waals surface area (Å²) in [4.78, 5) is 33.0. The van der Waals surface area contributed by atoms with Crippen molar-refractivity contribution in [2.45, 2.75) is 18.9 Å². The van der Waals surface area contributed by atoms with Crippen LogP contribution in [0.2, 0.25) is 0 Å². The molecule has 0 radical (unpaired) electrons. The van der Waals surface area contributed by atoms with Gasteiger partial charge in [0.05, 0.1) is 22.4 Å². The fourth-order valence-corrected chi connectivity index (χ4v) is 5.59. The van der Waals surface area contributed by atoms with Crippen LogP contribution in [0.5, 0.6) is 11.5 Å². The molecule has 2 aromatic heterocycles. The van der Waals surface area contributed by atoms with Gasteiger partial charge in [0, 0.05) is 24.8 Å². The van der Waals surface area contributed by atoms with Crippen molar-refractivity contribution < 1.29 is 18.7 Å². The molecule has 0 spiro atoms. The molecule has 2 aliphatic heterocycles. The molecule has 36 heavy (non-hydrogen) atoms. The van der Waals surface area contributed by atoms with E-state index in [0.29, 0.717) is 44.5 Å². The maximum absolute atomic E-state index is 15.3. The molecule has 2 aromatic carbocycles. The number of aromatic nitrogens is 1. The van der Waals surface area contributed by atoms with Crippen LogP contribution in [0.3, 0.4) is 0 Å². The van der Waals surface area contributed by atoms with Crippen molar-refractivity contribution in [1.82, 2.24) is 15.6 Å². The molecular formula is C26H22FN5O3S. The van der Waals surface area contributed by atoms with E-state index in [4.69, 9.17) is 4.74 Å². The Morgan fingerprint density at radius 2 is 2.00 bits per heavy atom. The number of anilines is 3. The Morgan fingerprint density at radius 1 is 1.14 bits per heavy atom. The van der Waals surface area contributed by atoms with Gasteiger partial charge in [-0.1, -0.05) is 18.2 Å². The van der Waals surface area contributed by atoms with Crippen LogP contribution in [0.25, 0.3) is 10.2 Å². The second-order valence-corrected chi connectivity index (χ2v) is 9.63. The molecule has 8 nitrogen and oxygen atoms in total. The summed E-state index contributed by atoms with van der Waals surface area (Å²) in [5.74, 6) is 0.0149. The first kappa shape index (κ1) is 22.4. The standard InChI is InChI=1S/C26H22FN5O3S/c27-18-13-17(35-16-6-2-1-3-7-16)8-9-19(18)32-20-10-12-29-25-21(20)22(31-26(32)34)23(36-25)24(33)30-15-5-4-11-28-14-15/h1-3,6-10,12-13,15,28H,4-5,11,14H2,(H,30,33)(H,31,34)/t15-/m1/s1. The molecule has 3 N–H and O–H groups in total. The molecule has 1 saturated heterocycles. The van der Waals surface area contributed by atoms with Crippen LogP contribution in [-0.2, 0) is 0 Å². The molecule has 0 bridgehead atoms. The summed E-state index contributed by atoms with van der Waals surface area (Å²) in [5, 5.41) is 9.74. The molecule has 0 unspecified atom stereocenters. The lowest BCUT2D eigenvalue weighted by Crippen LogP contribution is -2.45. The van der Waals surface area contributed by atoms with E-state index >= 15 is 4.39 Å². The number of carbonyl (C=O) groups is 2. The maximum Gasteiger partial charge on any atom is 0.331 e. The molecule has 0 aliphatic carbocycles. The van der Waals surface area contributed by atoms with Gasteiger partial charge in [-0.25, -0.2) is 14.2 Å². The molecular weight excluding hydrogens is 481 g/mol. The van der Waals surface area contributed by atoms with Crippen LogP contribution in [0.15, 0.2) is 60.8 Å². The van der Waals surface area contributed by atoms with Crippen molar-refractivity contribution in [3.8, 4) is 11.5 Å². The Bertz CT molecular complexity index is 1470. The van der Waals surface area contributed by atoms with E-state index in [1.165, 1.54) is 28.4 Å². The van der Waals surface area contributed by atoms with Crippen molar-refractivity contribution in [2.75, 3.05) is 23.3 Å². The number of hydrogen-bond acceptors (Lipinski definition) is 6. The van der Waals surface area contributed by atoms with Gasteiger partial charge in [-0.2, -0.15) is 0 Å². The molecule has 1 fully saturated rings. The first-order valence-corrected chi connectivity index (χ1v) is 12.5. The molecule has 0 saturated carbocycles. The monoisotopic (exact) mass is 503 g/mol. The molecule has 3 amide bonds. The zero-order valence-electron chi connectivity index (χ0n) is 19.1. The minimum atomic E-state index is -0.620. The number of halogens is 1. The van der Waals surface area contributed by atoms with Crippen molar-refractivity contribution in [1.29, 1.82) is 0 Å². The van der Waals surface area contributed by atoms with Gasteiger partial charge in [0.2, 0.25) is 0 Å². The lowest BCUT2D eigenvalue weighted by atomic mass is 10.1. The summed E-state index contributed by atoms with van der Waals surface area (Å²) in [6.07, 6.45) is 3.44. The Hall–Kier alpha value is -4.02. The third-order valence-electron chi connectivity index (χ3n) is 6.22. The summed E-state index contributed by atoms with van der Waals surface area (Å²) in [6.45, 7) is 1.65. The largest absolute Gasteiger partial charge is 0.457 e. The normalized spacial score (nSPS) is 17.1. The van der Waals surface area contributed by atoms with Crippen LogP contribution < -0.4 is 25.6 Å². The highest BCUT2D eigenvalue weighted by Crippen LogP contribution is 2.46. The van der Waals surface area contributed by atoms with E-state index in [2.05, 4.69) is 20.9 Å².